The van der Waals surface area contributed by atoms with Crippen LogP contribution in [-0.4, -0.2) is 0 Å². The van der Waals surface area contributed by atoms with E-state index in [2.05, 4.69) is 62.3 Å². The van der Waals surface area contributed by atoms with E-state index in [1.807, 2.05) is 0 Å². The van der Waals surface area contributed by atoms with Crippen molar-refractivity contribution in [2.24, 2.45) is 0 Å². The van der Waals surface area contributed by atoms with Crippen LogP contribution >= 0.6 is 12.6 Å². The lowest BCUT2D eigenvalue weighted by atomic mass is 9.75. The number of hydrogen-bond donors (Lipinski definition) is 1. The van der Waals surface area contributed by atoms with Gasteiger partial charge in [0.1, 0.15) is 0 Å². The van der Waals surface area contributed by atoms with Crippen molar-refractivity contribution in [1.82, 2.24) is 0 Å². The summed E-state index contributed by atoms with van der Waals surface area (Å²) in [7, 11) is 0. The number of thiol groups is 1. The molecule has 0 aliphatic heterocycles. The van der Waals surface area contributed by atoms with Crippen LogP contribution in [0.15, 0.2) is 0 Å². The van der Waals surface area contributed by atoms with Crippen LogP contribution in [0.3, 0.4) is 0 Å². The van der Waals surface area contributed by atoms with Gasteiger partial charge >= 0.3 is 0 Å². The molecule has 1 heteroatoms. The normalized spacial score (nSPS) is 13.0. The maximum atomic E-state index is 4.79. The van der Waals surface area contributed by atoms with Gasteiger partial charge in [-0.1, -0.05) is 20.8 Å². The maximum absolute atomic E-state index is 4.79. The van der Waals surface area contributed by atoms with Crippen LogP contribution in [0.1, 0.15) is 68.0 Å². The van der Waals surface area contributed by atoms with Gasteiger partial charge in [-0.3, -0.25) is 0 Å². The fourth-order valence-corrected chi connectivity index (χ4v) is 3.69. The zero-order valence-electron chi connectivity index (χ0n) is 13.4. The zero-order chi connectivity index (χ0) is 14.5. The second-order valence-electron chi connectivity index (χ2n) is 7.06. The molecule has 0 N–H and O–H groups in total. The van der Waals surface area contributed by atoms with Crippen molar-refractivity contribution >= 4 is 12.6 Å². The van der Waals surface area contributed by atoms with E-state index in [9.17, 15) is 0 Å². The molecule has 0 fully saturated rings. The highest BCUT2D eigenvalue weighted by molar-refractivity contribution is 7.81. The van der Waals surface area contributed by atoms with E-state index < -0.39 is 0 Å². The Balaban J connectivity index is 3.79. The lowest BCUT2D eigenvalue weighted by Gasteiger charge is -2.32. The van der Waals surface area contributed by atoms with E-state index in [1.165, 1.54) is 33.4 Å². The molecule has 102 valence electrons. The summed E-state index contributed by atoms with van der Waals surface area (Å²) in [6.07, 6.45) is 0. The van der Waals surface area contributed by atoms with Gasteiger partial charge in [-0.15, -0.1) is 0 Å². The molecule has 18 heavy (non-hydrogen) atoms. The molecule has 1 aromatic rings. The molecule has 0 heterocycles. The van der Waals surface area contributed by atoms with Crippen LogP contribution in [0, 0.1) is 27.7 Å². The third kappa shape index (κ3) is 2.61. The fraction of sp³-hybridized carbons (Fsp3) is 0.647. The highest BCUT2D eigenvalue weighted by Crippen LogP contribution is 2.40. The summed E-state index contributed by atoms with van der Waals surface area (Å²) in [5.74, 6) is 0. The third-order valence-electron chi connectivity index (χ3n) is 3.99. The summed E-state index contributed by atoms with van der Waals surface area (Å²) in [4.78, 5) is 0. The van der Waals surface area contributed by atoms with Crippen LogP contribution < -0.4 is 0 Å². The minimum Gasteiger partial charge on any atom is -0.168 e. The summed E-state index contributed by atoms with van der Waals surface area (Å²) < 4.78 is -0.0832. The summed E-state index contributed by atoms with van der Waals surface area (Å²) in [5, 5.41) is 0. The average molecular weight is 264 g/mol. The van der Waals surface area contributed by atoms with Gasteiger partial charge in [0.25, 0.3) is 0 Å². The summed E-state index contributed by atoms with van der Waals surface area (Å²) in [6, 6.07) is 0. The maximum Gasteiger partial charge on any atom is 0.0327 e. The van der Waals surface area contributed by atoms with Crippen LogP contribution in [0.5, 0.6) is 0 Å². The van der Waals surface area contributed by atoms with Gasteiger partial charge in [0.15, 0.2) is 0 Å². The van der Waals surface area contributed by atoms with E-state index in [1.54, 1.807) is 0 Å². The Bertz CT molecular complexity index is 394. The number of benzene rings is 1. The standard InChI is InChI=1S/C17H28S/c1-10-12(3)15(17(8,9)18)13(4)11(2)14(10)16(5,6)7/h18H,1-9H3. The topological polar surface area (TPSA) is 0 Å². The van der Waals surface area contributed by atoms with Crippen molar-refractivity contribution in [3.05, 3.63) is 33.4 Å². The molecule has 0 amide bonds. The van der Waals surface area contributed by atoms with E-state index in [0.717, 1.165) is 0 Å². The quantitative estimate of drug-likeness (QED) is 0.647. The highest BCUT2D eigenvalue weighted by atomic mass is 32.1. The van der Waals surface area contributed by atoms with Crippen molar-refractivity contribution in [2.45, 2.75) is 72.5 Å². The molecule has 0 aromatic heterocycles. The molecule has 0 saturated heterocycles. The van der Waals surface area contributed by atoms with Crippen LogP contribution in [0.4, 0.5) is 0 Å². The molecule has 0 bridgehead atoms. The first kappa shape index (κ1) is 15.6. The van der Waals surface area contributed by atoms with Crippen molar-refractivity contribution < 1.29 is 0 Å². The molecular formula is C17H28S. The molecule has 0 aliphatic carbocycles. The second-order valence-corrected chi connectivity index (χ2v) is 8.18. The molecule has 0 saturated carbocycles. The molecular weight excluding hydrogens is 236 g/mol. The lowest BCUT2D eigenvalue weighted by Crippen LogP contribution is -2.21. The lowest BCUT2D eigenvalue weighted by molar-refractivity contribution is 0.578. The number of hydrogen-bond acceptors (Lipinski definition) is 1. The van der Waals surface area contributed by atoms with Crippen molar-refractivity contribution in [3.63, 3.8) is 0 Å². The molecule has 0 atom stereocenters. The monoisotopic (exact) mass is 264 g/mol. The minimum absolute atomic E-state index is 0.0832. The first-order valence-electron chi connectivity index (χ1n) is 6.72. The van der Waals surface area contributed by atoms with Crippen LogP contribution in [0.2, 0.25) is 0 Å². The van der Waals surface area contributed by atoms with Gasteiger partial charge in [0.05, 0.1) is 0 Å². The second kappa shape index (κ2) is 4.59. The SMILES string of the molecule is Cc1c(C)c(C(C)(C)S)c(C)c(C)c1C(C)(C)C. The summed E-state index contributed by atoms with van der Waals surface area (Å²) in [5.41, 5.74) is 8.77. The van der Waals surface area contributed by atoms with Gasteiger partial charge in [-0.25, -0.2) is 0 Å². The van der Waals surface area contributed by atoms with Crippen molar-refractivity contribution in [2.75, 3.05) is 0 Å². The Morgan fingerprint density at radius 1 is 0.611 bits per heavy atom. The van der Waals surface area contributed by atoms with Gasteiger partial charge < -0.3 is 0 Å². The Morgan fingerprint density at radius 2 is 0.889 bits per heavy atom. The smallest absolute Gasteiger partial charge is 0.0327 e. The molecule has 0 nitrogen and oxygen atoms in total. The highest BCUT2D eigenvalue weighted by Gasteiger charge is 2.28. The first-order chi connectivity index (χ1) is 7.89. The van der Waals surface area contributed by atoms with Gasteiger partial charge in [0.2, 0.25) is 0 Å². The minimum atomic E-state index is -0.0832. The third-order valence-corrected chi connectivity index (χ3v) is 4.21. The molecule has 1 aromatic carbocycles. The van der Waals surface area contributed by atoms with E-state index in [-0.39, 0.29) is 10.2 Å². The predicted octanol–water partition coefficient (Wildman–Crippen LogP) is 5.38. The summed E-state index contributed by atoms with van der Waals surface area (Å²) >= 11 is 4.79. The van der Waals surface area contributed by atoms with E-state index in [0.29, 0.717) is 0 Å². The van der Waals surface area contributed by atoms with Gasteiger partial charge in [-0.05, 0) is 80.3 Å². The predicted molar refractivity (Wildman–Crippen MR) is 86.1 cm³/mol. The molecule has 1 rings (SSSR count). The van der Waals surface area contributed by atoms with Crippen molar-refractivity contribution in [1.29, 1.82) is 0 Å². The van der Waals surface area contributed by atoms with E-state index in [4.69, 9.17) is 12.6 Å². The fourth-order valence-electron chi connectivity index (χ4n) is 3.36. The molecule has 0 aliphatic rings. The van der Waals surface area contributed by atoms with E-state index >= 15 is 0 Å². The molecule has 0 radical (unpaired) electrons. The van der Waals surface area contributed by atoms with Crippen LogP contribution in [0.25, 0.3) is 0 Å². The Hall–Kier alpha value is -0.430. The van der Waals surface area contributed by atoms with Crippen LogP contribution in [-0.2, 0) is 10.2 Å². The molecule has 0 spiro atoms. The number of rotatable bonds is 1. The summed E-state index contributed by atoms with van der Waals surface area (Å²) in [6.45, 7) is 20.2. The van der Waals surface area contributed by atoms with Gasteiger partial charge in [-0.2, -0.15) is 12.6 Å². The Kier molecular flexibility index (Phi) is 3.99. The molecule has 0 unspecified atom stereocenters. The Morgan fingerprint density at radius 3 is 1.11 bits per heavy atom. The largest absolute Gasteiger partial charge is 0.168 e. The average Bonchev–Trinajstić information content (AvgIpc) is 2.10. The first-order valence-corrected chi connectivity index (χ1v) is 7.17. The Labute approximate surface area is 119 Å². The zero-order valence-corrected chi connectivity index (χ0v) is 14.3. The van der Waals surface area contributed by atoms with Gasteiger partial charge in [0, 0.05) is 4.75 Å². The van der Waals surface area contributed by atoms with Crippen molar-refractivity contribution in [3.8, 4) is 0 Å².